The van der Waals surface area contributed by atoms with Crippen LogP contribution in [0.5, 0.6) is 17.2 Å². The van der Waals surface area contributed by atoms with Crippen molar-refractivity contribution >= 4 is 41.3 Å². The summed E-state index contributed by atoms with van der Waals surface area (Å²) < 4.78 is 13.7. The minimum atomic E-state index is -0.291. The Labute approximate surface area is 300 Å². The number of aryl methyl sites for hydroxylation is 2. The van der Waals surface area contributed by atoms with Crippen molar-refractivity contribution < 1.29 is 9.39 Å². The number of hydrogen-bond acceptors (Lipinski definition) is 4. The number of para-hydroxylation sites is 1. The predicted octanol–water partition coefficient (Wildman–Crippen LogP) is 8.10. The monoisotopic (exact) mass is 660 g/mol. The first-order valence-electron chi connectivity index (χ1n) is 18.0. The second-order valence-electron chi connectivity index (χ2n) is 17.5. The van der Waals surface area contributed by atoms with Crippen LogP contribution in [0.25, 0.3) is 11.3 Å². The van der Waals surface area contributed by atoms with E-state index in [9.17, 15) is 0 Å². The molecule has 0 spiro atoms. The Kier molecular flexibility index (Phi) is 8.05. The van der Waals surface area contributed by atoms with E-state index in [2.05, 4.69) is 161 Å². The number of fused-ring (bicyclic) bond motifs is 3. The van der Waals surface area contributed by atoms with E-state index >= 15 is 0 Å². The largest absolute Gasteiger partial charge is 0.535 e. The Bertz CT molecular complexity index is 2080. The molecule has 0 aliphatic carbocycles. The third kappa shape index (κ3) is 5.71. The summed E-state index contributed by atoms with van der Waals surface area (Å²) in [5, 5.41) is 0. The summed E-state index contributed by atoms with van der Waals surface area (Å²) in [6, 6.07) is 28.5. The van der Waals surface area contributed by atoms with Gasteiger partial charge in [0.2, 0.25) is 0 Å². The smallest absolute Gasteiger partial charge is 0.520 e. The van der Waals surface area contributed by atoms with Crippen molar-refractivity contribution in [2.24, 2.45) is 0 Å². The topological polar surface area (TPSA) is 34.6 Å². The number of rotatable bonds is 3. The van der Waals surface area contributed by atoms with E-state index in [1.165, 1.54) is 44.2 Å². The molecule has 4 aromatic carbocycles. The van der Waals surface area contributed by atoms with Crippen molar-refractivity contribution in [3.63, 3.8) is 0 Å². The van der Waals surface area contributed by atoms with Gasteiger partial charge in [0.25, 0.3) is 6.71 Å². The Morgan fingerprint density at radius 3 is 1.88 bits per heavy atom. The molecule has 6 heteroatoms. The Hall–Kier alpha value is -4.44. The molecule has 0 unspecified atom stereocenters. The molecule has 0 bridgehead atoms. The Morgan fingerprint density at radius 2 is 1.26 bits per heavy atom. The molecule has 254 valence electrons. The van der Waals surface area contributed by atoms with Crippen molar-refractivity contribution in [1.82, 2.24) is 4.98 Å². The van der Waals surface area contributed by atoms with Gasteiger partial charge in [-0.25, -0.2) is 0 Å². The van der Waals surface area contributed by atoms with Crippen LogP contribution in [0.4, 0.5) is 5.69 Å². The van der Waals surface area contributed by atoms with Crippen LogP contribution in [0.15, 0.2) is 85.1 Å². The summed E-state index contributed by atoms with van der Waals surface area (Å²) in [7, 11) is 1.87. The molecule has 0 fully saturated rings. The summed E-state index contributed by atoms with van der Waals surface area (Å²) in [4.78, 5) is 7.31. The van der Waals surface area contributed by atoms with Crippen LogP contribution < -0.4 is 36.1 Å². The molecule has 0 saturated carbocycles. The lowest BCUT2D eigenvalue weighted by molar-refractivity contribution is 0.487. The summed E-state index contributed by atoms with van der Waals surface area (Å²) in [5.41, 5.74) is 14.2. The van der Waals surface area contributed by atoms with Gasteiger partial charge >= 0.3 is 7.05 Å². The summed E-state index contributed by atoms with van der Waals surface area (Å²) in [6.45, 7) is 25.3. The molecule has 0 atom stereocenters. The van der Waals surface area contributed by atoms with E-state index in [4.69, 9.17) is 14.4 Å². The highest BCUT2D eigenvalue weighted by Gasteiger charge is 2.44. The molecule has 2 aliphatic rings. The number of pyridine rings is 1. The van der Waals surface area contributed by atoms with Gasteiger partial charge in [0, 0.05) is 11.8 Å². The standard InChI is InChI=1S/C44H50B2N2O2/c1-27-16-15-17-28(2)38(27)45-33-18-13-14-19-36(33)49-37-21-20-29(24-34(37)45)40-41-35(22-23-47-40)48(12)46(50-41)39-31(43(6,7)8)25-30(42(3,4)5)26-32(39)44(9,10)11/h13-26H,1-12H3. The highest BCUT2D eigenvalue weighted by molar-refractivity contribution is 6.97. The van der Waals surface area contributed by atoms with Crippen LogP contribution in [0, 0.1) is 13.8 Å². The zero-order chi connectivity index (χ0) is 35.9. The van der Waals surface area contributed by atoms with Crippen molar-refractivity contribution in [1.29, 1.82) is 0 Å². The van der Waals surface area contributed by atoms with Crippen LogP contribution >= 0.6 is 0 Å². The molecule has 2 aliphatic heterocycles. The molecule has 0 radical (unpaired) electrons. The van der Waals surface area contributed by atoms with E-state index in [0.29, 0.717) is 0 Å². The molecule has 0 amide bonds. The zero-order valence-corrected chi connectivity index (χ0v) is 31.9. The maximum absolute atomic E-state index is 7.17. The minimum Gasteiger partial charge on any atom is -0.535 e. The van der Waals surface area contributed by atoms with Gasteiger partial charge in [-0.15, -0.1) is 0 Å². The summed E-state index contributed by atoms with van der Waals surface area (Å²) in [5.74, 6) is 2.61. The van der Waals surface area contributed by atoms with E-state index in [-0.39, 0.29) is 30.0 Å². The lowest BCUT2D eigenvalue weighted by atomic mass is 9.34. The van der Waals surface area contributed by atoms with Gasteiger partial charge in [-0.3, -0.25) is 4.98 Å². The third-order valence-corrected chi connectivity index (χ3v) is 10.6. The quantitative estimate of drug-likeness (QED) is 0.180. The lowest BCUT2D eigenvalue weighted by Crippen LogP contribution is -2.56. The number of nitrogens with zero attached hydrogens (tertiary/aromatic N) is 2. The van der Waals surface area contributed by atoms with Crippen LogP contribution in [0.1, 0.15) is 90.1 Å². The highest BCUT2D eigenvalue weighted by Crippen LogP contribution is 2.44. The average molecular weight is 661 g/mol. The normalized spacial score (nSPS) is 14.2. The number of benzene rings is 4. The van der Waals surface area contributed by atoms with Crippen molar-refractivity contribution in [3.8, 4) is 28.5 Å². The molecular formula is C44H50B2N2O2. The molecular weight excluding hydrogens is 610 g/mol. The first-order valence-corrected chi connectivity index (χ1v) is 18.0. The number of ether oxygens (including phenoxy) is 1. The van der Waals surface area contributed by atoms with Gasteiger partial charge in [0.1, 0.15) is 17.2 Å². The Morgan fingerprint density at radius 1 is 0.640 bits per heavy atom. The third-order valence-electron chi connectivity index (χ3n) is 10.6. The minimum absolute atomic E-state index is 0.0202. The van der Waals surface area contributed by atoms with Gasteiger partial charge < -0.3 is 14.2 Å². The van der Waals surface area contributed by atoms with Crippen LogP contribution in [-0.2, 0) is 16.2 Å². The fraction of sp³-hybridized carbons (Fsp3) is 0.341. The lowest BCUT2D eigenvalue weighted by Gasteiger charge is -2.35. The Balaban J connectivity index is 1.38. The number of hydrogen-bond donors (Lipinski definition) is 0. The van der Waals surface area contributed by atoms with Gasteiger partial charge in [-0.2, -0.15) is 0 Å². The maximum Gasteiger partial charge on any atom is 0.520 e. The number of aromatic nitrogens is 1. The summed E-state index contributed by atoms with van der Waals surface area (Å²) >= 11 is 0. The fourth-order valence-electron chi connectivity index (χ4n) is 7.91. The average Bonchev–Trinajstić information content (AvgIpc) is 3.38. The second-order valence-corrected chi connectivity index (χ2v) is 17.5. The zero-order valence-electron chi connectivity index (χ0n) is 31.9. The molecule has 3 heterocycles. The molecule has 7 rings (SSSR count). The van der Waals surface area contributed by atoms with Crippen molar-refractivity contribution in [3.05, 3.63) is 113 Å². The molecule has 50 heavy (non-hydrogen) atoms. The van der Waals surface area contributed by atoms with Crippen LogP contribution in [0.2, 0.25) is 0 Å². The summed E-state index contributed by atoms with van der Waals surface area (Å²) in [6.07, 6.45) is 1.92. The molecule has 0 saturated heterocycles. The van der Waals surface area contributed by atoms with Crippen LogP contribution in [0.3, 0.4) is 0 Å². The van der Waals surface area contributed by atoms with Gasteiger partial charge in [0.15, 0.2) is 5.75 Å². The van der Waals surface area contributed by atoms with Gasteiger partial charge in [-0.1, -0.05) is 134 Å². The molecule has 1 aromatic heterocycles. The maximum atomic E-state index is 7.17. The van der Waals surface area contributed by atoms with E-state index < -0.39 is 0 Å². The van der Waals surface area contributed by atoms with Crippen molar-refractivity contribution in [2.75, 3.05) is 11.9 Å². The van der Waals surface area contributed by atoms with E-state index in [1.54, 1.807) is 0 Å². The second kappa shape index (κ2) is 11.8. The number of anilines is 1. The van der Waals surface area contributed by atoms with E-state index in [0.717, 1.165) is 39.7 Å². The van der Waals surface area contributed by atoms with Crippen LogP contribution in [-0.4, -0.2) is 25.8 Å². The SMILES string of the molecule is Cc1cccc(C)c1B1c2ccccc2Oc2ccc(-c3nccc4c3OB(c3c(C(C)(C)C)cc(C(C)(C)C)cc3C(C)(C)C)N4C)cc21. The molecule has 0 N–H and O–H groups in total. The molecule has 4 nitrogen and oxygen atoms in total. The van der Waals surface area contributed by atoms with Crippen molar-refractivity contribution in [2.45, 2.75) is 92.4 Å². The van der Waals surface area contributed by atoms with Gasteiger partial charge in [0.05, 0.1) is 5.69 Å². The fourth-order valence-corrected chi connectivity index (χ4v) is 7.91. The first-order chi connectivity index (χ1) is 23.4. The van der Waals surface area contributed by atoms with Gasteiger partial charge in [-0.05, 0) is 94.5 Å². The first kappa shape index (κ1) is 34.0. The molecule has 5 aromatic rings. The predicted molar refractivity (Wildman–Crippen MR) is 214 cm³/mol. The highest BCUT2D eigenvalue weighted by atomic mass is 16.5. The van der Waals surface area contributed by atoms with E-state index in [1.807, 2.05) is 12.3 Å².